The number of rotatable bonds is 7. The lowest BCUT2D eigenvalue weighted by Gasteiger charge is -2.20. The fraction of sp³-hybridized carbons (Fsp3) is 0. The number of fused-ring (bicyclic) bond motifs is 6. The molecule has 0 atom stereocenters. The van der Waals surface area contributed by atoms with E-state index in [1.165, 1.54) is 16.7 Å². The lowest BCUT2D eigenvalue weighted by molar-refractivity contribution is 1.12. The summed E-state index contributed by atoms with van der Waals surface area (Å²) < 4.78 is 4.62. The van der Waals surface area contributed by atoms with Crippen LogP contribution in [0.3, 0.4) is 0 Å². The Bertz CT molecular complexity index is 3780. The van der Waals surface area contributed by atoms with Crippen LogP contribution in [-0.2, 0) is 0 Å². The molecule has 0 saturated heterocycles. The highest BCUT2D eigenvalue weighted by Gasteiger charge is 2.25. The summed E-state index contributed by atoms with van der Waals surface area (Å²) in [5.74, 6) is 0. The van der Waals surface area contributed by atoms with E-state index in [2.05, 4.69) is 226 Å². The summed E-state index contributed by atoms with van der Waals surface area (Å²) in [6.45, 7) is 0. The molecule has 12 rings (SSSR count). The van der Waals surface area contributed by atoms with Crippen molar-refractivity contribution >= 4 is 43.6 Å². The molecule has 0 amide bonds. The van der Waals surface area contributed by atoms with Crippen LogP contribution in [0.4, 0.5) is 0 Å². The minimum Gasteiger partial charge on any atom is -0.308 e. The van der Waals surface area contributed by atoms with E-state index in [1.54, 1.807) is 0 Å². The first kappa shape index (κ1) is 37.0. The molecule has 9 aromatic carbocycles. The van der Waals surface area contributed by atoms with Gasteiger partial charge in [-0.15, -0.1) is 0 Å². The molecule has 0 aliphatic heterocycles. The highest BCUT2D eigenvalue weighted by Crippen LogP contribution is 2.44. The van der Waals surface area contributed by atoms with Gasteiger partial charge in [0.25, 0.3) is 0 Å². The fourth-order valence-electron chi connectivity index (χ4n) is 9.86. The van der Waals surface area contributed by atoms with Crippen LogP contribution in [0.2, 0.25) is 0 Å². The summed E-state index contributed by atoms with van der Waals surface area (Å²) in [6.07, 6.45) is 3.65. The number of pyridine rings is 1. The van der Waals surface area contributed by atoms with Crippen molar-refractivity contribution in [3.63, 3.8) is 0 Å². The van der Waals surface area contributed by atoms with Gasteiger partial charge < -0.3 is 9.13 Å². The van der Waals surface area contributed by atoms with Gasteiger partial charge in [0.1, 0.15) is 11.6 Å². The average molecular weight is 815 g/mol. The van der Waals surface area contributed by atoms with Crippen LogP contribution in [0.5, 0.6) is 0 Å². The van der Waals surface area contributed by atoms with Crippen molar-refractivity contribution in [2.75, 3.05) is 0 Å². The number of nitriles is 1. The van der Waals surface area contributed by atoms with E-state index in [4.69, 9.17) is 0 Å². The highest BCUT2D eigenvalue weighted by molar-refractivity contribution is 6.13. The molecular weight excluding hydrogens is 777 g/mol. The molecule has 3 aromatic heterocycles. The highest BCUT2D eigenvalue weighted by atomic mass is 15.0. The topological polar surface area (TPSA) is 46.5 Å². The maximum Gasteiger partial charge on any atom is 0.104 e. The van der Waals surface area contributed by atoms with E-state index >= 15 is 0 Å². The maximum atomic E-state index is 11.8. The Labute approximate surface area is 370 Å². The minimum atomic E-state index is 0.574. The van der Waals surface area contributed by atoms with Gasteiger partial charge in [-0.25, -0.2) is 0 Å². The molecule has 0 N–H and O–H groups in total. The quantitative estimate of drug-likeness (QED) is 0.161. The largest absolute Gasteiger partial charge is 0.308 e. The number of aromatic nitrogens is 3. The van der Waals surface area contributed by atoms with Crippen molar-refractivity contribution in [2.24, 2.45) is 0 Å². The van der Waals surface area contributed by atoms with Gasteiger partial charge in [0.15, 0.2) is 0 Å². The predicted molar refractivity (Wildman–Crippen MR) is 265 cm³/mol. The summed E-state index contributed by atoms with van der Waals surface area (Å²) in [4.78, 5) is 4.39. The number of para-hydroxylation sites is 2. The van der Waals surface area contributed by atoms with Crippen LogP contribution >= 0.6 is 0 Å². The summed E-state index contributed by atoms with van der Waals surface area (Å²) in [5, 5.41) is 16.2. The van der Waals surface area contributed by atoms with Gasteiger partial charge in [0, 0.05) is 39.5 Å². The summed E-state index contributed by atoms with van der Waals surface area (Å²) in [6, 6.07) is 80.2. The molecule has 64 heavy (non-hydrogen) atoms. The molecule has 0 aliphatic carbocycles. The van der Waals surface area contributed by atoms with Crippen LogP contribution in [0.1, 0.15) is 5.56 Å². The lowest BCUT2D eigenvalue weighted by atomic mass is 9.94. The molecule has 298 valence electrons. The van der Waals surface area contributed by atoms with Crippen molar-refractivity contribution in [3.05, 3.63) is 236 Å². The second-order valence-electron chi connectivity index (χ2n) is 16.2. The molecule has 0 saturated carbocycles. The van der Waals surface area contributed by atoms with Gasteiger partial charge in [-0.3, -0.25) is 4.98 Å². The predicted octanol–water partition coefficient (Wildman–Crippen LogP) is 15.5. The van der Waals surface area contributed by atoms with Crippen LogP contribution in [-0.4, -0.2) is 14.1 Å². The standard InChI is InChI=1S/C60H38N4/c61-39-54-57(63-55-25-13-11-23-50(55)52-29-27-43(37-58(52)63)47-21-9-7-19-45(47)40-15-3-1-4-16-40)32-31-49(42-33-35-62-36-34-42)60(54)64-56-26-14-12-24-51(56)53-30-28-44(38-59(53)64)48-22-10-8-20-46(48)41-17-5-2-6-18-41/h1-38H. The normalized spacial score (nSPS) is 11.4. The summed E-state index contributed by atoms with van der Waals surface area (Å²) in [5.41, 5.74) is 17.4. The lowest BCUT2D eigenvalue weighted by Crippen LogP contribution is -2.06. The van der Waals surface area contributed by atoms with Crippen LogP contribution in [0.25, 0.3) is 111 Å². The Hall–Kier alpha value is -8.78. The first-order chi connectivity index (χ1) is 31.7. The molecule has 3 heterocycles. The van der Waals surface area contributed by atoms with Crippen LogP contribution < -0.4 is 0 Å². The van der Waals surface area contributed by atoms with Crippen LogP contribution in [0.15, 0.2) is 231 Å². The molecular formula is C60H38N4. The fourth-order valence-corrected chi connectivity index (χ4v) is 9.86. The van der Waals surface area contributed by atoms with Crippen molar-refractivity contribution in [2.45, 2.75) is 0 Å². The van der Waals surface area contributed by atoms with Gasteiger partial charge in [-0.2, -0.15) is 5.26 Å². The second-order valence-corrected chi connectivity index (χ2v) is 16.2. The van der Waals surface area contributed by atoms with E-state index in [9.17, 15) is 5.26 Å². The third-order valence-electron chi connectivity index (χ3n) is 12.7. The third kappa shape index (κ3) is 5.95. The summed E-state index contributed by atoms with van der Waals surface area (Å²) in [7, 11) is 0. The molecule has 0 radical (unpaired) electrons. The molecule has 0 spiro atoms. The van der Waals surface area contributed by atoms with Gasteiger partial charge >= 0.3 is 0 Å². The summed E-state index contributed by atoms with van der Waals surface area (Å²) >= 11 is 0. The average Bonchev–Trinajstić information content (AvgIpc) is 3.88. The Morgan fingerprint density at radius 1 is 0.328 bits per heavy atom. The first-order valence-corrected chi connectivity index (χ1v) is 21.6. The van der Waals surface area contributed by atoms with Gasteiger partial charge in [-0.05, 0) is 92.5 Å². The minimum absolute atomic E-state index is 0.574. The zero-order chi connectivity index (χ0) is 42.6. The van der Waals surface area contributed by atoms with E-state index in [0.29, 0.717) is 5.56 Å². The Morgan fingerprint density at radius 2 is 0.750 bits per heavy atom. The number of hydrogen-bond acceptors (Lipinski definition) is 2. The van der Waals surface area contributed by atoms with Crippen molar-refractivity contribution in [3.8, 4) is 73.1 Å². The molecule has 0 fully saturated rings. The number of nitrogens with zero attached hydrogens (tertiary/aromatic N) is 4. The Kier molecular flexibility index (Phi) is 8.84. The van der Waals surface area contributed by atoms with Crippen molar-refractivity contribution < 1.29 is 0 Å². The molecule has 0 bridgehead atoms. The number of hydrogen-bond donors (Lipinski definition) is 0. The SMILES string of the molecule is N#Cc1c(-n2c3ccccc3c3ccc(-c4ccccc4-c4ccccc4)cc32)ccc(-c2ccncc2)c1-n1c2ccccc2c2ccc(-c3ccccc3-c3ccccc3)cc21. The first-order valence-electron chi connectivity index (χ1n) is 21.6. The Morgan fingerprint density at radius 3 is 1.28 bits per heavy atom. The van der Waals surface area contributed by atoms with E-state index in [0.717, 1.165) is 93.9 Å². The van der Waals surface area contributed by atoms with Crippen LogP contribution in [0, 0.1) is 11.3 Å². The maximum absolute atomic E-state index is 11.8. The third-order valence-corrected chi connectivity index (χ3v) is 12.7. The van der Waals surface area contributed by atoms with Gasteiger partial charge in [-0.1, -0.05) is 176 Å². The zero-order valence-corrected chi connectivity index (χ0v) is 34.7. The molecule has 4 heteroatoms. The smallest absolute Gasteiger partial charge is 0.104 e. The number of benzene rings is 9. The van der Waals surface area contributed by atoms with Crippen molar-refractivity contribution in [1.29, 1.82) is 5.26 Å². The monoisotopic (exact) mass is 814 g/mol. The van der Waals surface area contributed by atoms with Gasteiger partial charge in [0.05, 0.1) is 33.4 Å². The molecule has 4 nitrogen and oxygen atoms in total. The van der Waals surface area contributed by atoms with E-state index < -0.39 is 0 Å². The molecule has 0 aliphatic rings. The zero-order valence-electron chi connectivity index (χ0n) is 34.7. The molecule has 12 aromatic rings. The van der Waals surface area contributed by atoms with E-state index in [1.807, 2.05) is 24.5 Å². The van der Waals surface area contributed by atoms with Crippen molar-refractivity contribution in [1.82, 2.24) is 14.1 Å². The second kappa shape index (κ2) is 15.3. The Balaban J connectivity index is 1.16. The molecule has 0 unspecified atom stereocenters. The van der Waals surface area contributed by atoms with Gasteiger partial charge in [0.2, 0.25) is 0 Å². The van der Waals surface area contributed by atoms with E-state index in [-0.39, 0.29) is 0 Å².